The molecule has 2 aromatic heterocycles. The standard InChI is InChI=1S/C24H18F4N4O/c1-14-22(33-9-8-15-2-4-16(5-3-15)24(26,27)28)11-18(12-29)32-23(14)31-17-6-7-19-20(25)13-30-21(19)10-17/h2-7,10-11,13,30H,8-9H2,1H3,(H,31,32). The summed E-state index contributed by atoms with van der Waals surface area (Å²) in [7, 11) is 0. The molecule has 0 aliphatic rings. The smallest absolute Gasteiger partial charge is 0.416 e. The quantitative estimate of drug-likeness (QED) is 0.337. The zero-order valence-electron chi connectivity index (χ0n) is 17.4. The fourth-order valence-corrected chi connectivity index (χ4v) is 3.36. The zero-order chi connectivity index (χ0) is 23.6. The van der Waals surface area contributed by atoms with E-state index >= 15 is 0 Å². The largest absolute Gasteiger partial charge is 0.493 e. The average Bonchev–Trinajstić information content (AvgIpc) is 3.16. The molecule has 2 heterocycles. The van der Waals surface area contributed by atoms with Crippen molar-refractivity contribution in [3.8, 4) is 11.8 Å². The van der Waals surface area contributed by atoms with E-state index in [9.17, 15) is 22.8 Å². The van der Waals surface area contributed by atoms with Crippen LogP contribution in [-0.4, -0.2) is 16.6 Å². The molecule has 0 atom stereocenters. The van der Waals surface area contributed by atoms with E-state index in [1.54, 1.807) is 25.1 Å². The molecule has 0 unspecified atom stereocenters. The van der Waals surface area contributed by atoms with Crippen LogP contribution in [-0.2, 0) is 12.6 Å². The van der Waals surface area contributed by atoms with Gasteiger partial charge in [0.05, 0.1) is 17.7 Å². The minimum atomic E-state index is -4.38. The Morgan fingerprint density at radius 3 is 2.58 bits per heavy atom. The number of rotatable bonds is 6. The van der Waals surface area contributed by atoms with Gasteiger partial charge in [-0.3, -0.25) is 0 Å². The summed E-state index contributed by atoms with van der Waals surface area (Å²) in [4.78, 5) is 7.13. The van der Waals surface area contributed by atoms with Gasteiger partial charge in [0.15, 0.2) is 0 Å². The Morgan fingerprint density at radius 2 is 1.88 bits per heavy atom. The van der Waals surface area contributed by atoms with E-state index in [2.05, 4.69) is 15.3 Å². The van der Waals surface area contributed by atoms with Crippen molar-refractivity contribution in [2.24, 2.45) is 0 Å². The van der Waals surface area contributed by atoms with Crippen LogP contribution in [0.4, 0.5) is 29.1 Å². The van der Waals surface area contributed by atoms with Crippen LogP contribution in [0.5, 0.6) is 5.75 Å². The van der Waals surface area contributed by atoms with Crippen molar-refractivity contribution < 1.29 is 22.3 Å². The Hall–Kier alpha value is -4.06. The fraction of sp³-hybridized carbons (Fsp3) is 0.167. The van der Waals surface area contributed by atoms with Gasteiger partial charge in [-0.1, -0.05) is 12.1 Å². The van der Waals surface area contributed by atoms with Gasteiger partial charge in [0.2, 0.25) is 0 Å². The Labute approximate surface area is 186 Å². The molecule has 4 rings (SSSR count). The van der Waals surface area contributed by atoms with Gasteiger partial charge in [-0.2, -0.15) is 18.4 Å². The number of hydrogen-bond acceptors (Lipinski definition) is 4. The molecule has 0 radical (unpaired) electrons. The number of aromatic nitrogens is 2. The molecule has 4 aromatic rings. The highest BCUT2D eigenvalue weighted by Crippen LogP contribution is 2.30. The summed E-state index contributed by atoms with van der Waals surface area (Å²) in [6, 6.07) is 13.5. The first kappa shape index (κ1) is 22.1. The first-order valence-electron chi connectivity index (χ1n) is 9.99. The van der Waals surface area contributed by atoms with Crippen LogP contribution in [0.15, 0.2) is 54.7 Å². The van der Waals surface area contributed by atoms with Gasteiger partial charge in [0.25, 0.3) is 0 Å². The maximum atomic E-state index is 13.7. The van der Waals surface area contributed by atoms with E-state index in [-0.39, 0.29) is 18.1 Å². The lowest BCUT2D eigenvalue weighted by atomic mass is 10.1. The lowest BCUT2D eigenvalue weighted by Crippen LogP contribution is -2.07. The zero-order valence-corrected chi connectivity index (χ0v) is 17.4. The van der Waals surface area contributed by atoms with E-state index < -0.39 is 11.7 Å². The first-order valence-corrected chi connectivity index (χ1v) is 9.99. The number of nitriles is 1. The number of alkyl halides is 3. The summed E-state index contributed by atoms with van der Waals surface area (Å²) >= 11 is 0. The number of anilines is 2. The molecule has 0 saturated heterocycles. The van der Waals surface area contributed by atoms with E-state index in [1.165, 1.54) is 24.4 Å². The molecule has 33 heavy (non-hydrogen) atoms. The number of nitrogens with zero attached hydrogens (tertiary/aromatic N) is 2. The van der Waals surface area contributed by atoms with Crippen molar-refractivity contribution in [3.05, 3.63) is 82.9 Å². The van der Waals surface area contributed by atoms with Crippen LogP contribution >= 0.6 is 0 Å². The molecule has 0 bridgehead atoms. The van der Waals surface area contributed by atoms with E-state index in [4.69, 9.17) is 4.74 Å². The van der Waals surface area contributed by atoms with Crippen LogP contribution in [0.2, 0.25) is 0 Å². The number of H-pyrrole nitrogens is 1. The molecule has 2 aromatic carbocycles. The molecular formula is C24H18F4N4O. The van der Waals surface area contributed by atoms with Gasteiger partial charge < -0.3 is 15.0 Å². The molecular weight excluding hydrogens is 436 g/mol. The highest BCUT2D eigenvalue weighted by molar-refractivity contribution is 5.84. The molecule has 0 saturated carbocycles. The Balaban J connectivity index is 1.49. The second kappa shape index (κ2) is 8.82. The number of halogens is 4. The normalized spacial score (nSPS) is 11.4. The first-order chi connectivity index (χ1) is 15.7. The lowest BCUT2D eigenvalue weighted by molar-refractivity contribution is -0.137. The van der Waals surface area contributed by atoms with Crippen LogP contribution < -0.4 is 10.1 Å². The third-order valence-corrected chi connectivity index (χ3v) is 5.16. The average molecular weight is 454 g/mol. The number of hydrogen-bond donors (Lipinski definition) is 2. The van der Waals surface area contributed by atoms with Crippen LogP contribution in [0, 0.1) is 24.1 Å². The maximum Gasteiger partial charge on any atom is 0.416 e. The lowest BCUT2D eigenvalue weighted by Gasteiger charge is -2.14. The molecule has 5 nitrogen and oxygen atoms in total. The Bertz CT molecular complexity index is 1340. The number of fused-ring (bicyclic) bond motifs is 1. The third-order valence-electron chi connectivity index (χ3n) is 5.16. The summed E-state index contributed by atoms with van der Waals surface area (Å²) in [5, 5.41) is 12.9. The van der Waals surface area contributed by atoms with E-state index in [1.807, 2.05) is 6.07 Å². The molecule has 168 valence electrons. The Kier molecular flexibility index (Phi) is 5.92. The predicted molar refractivity (Wildman–Crippen MR) is 116 cm³/mol. The van der Waals surface area contributed by atoms with Crippen LogP contribution in [0.3, 0.4) is 0 Å². The van der Waals surface area contributed by atoms with E-state index in [0.717, 1.165) is 12.1 Å². The number of aromatic amines is 1. The topological polar surface area (TPSA) is 73.7 Å². The molecule has 9 heteroatoms. The van der Waals surface area contributed by atoms with Gasteiger partial charge in [0, 0.05) is 35.3 Å². The Morgan fingerprint density at radius 1 is 1.12 bits per heavy atom. The highest BCUT2D eigenvalue weighted by Gasteiger charge is 2.29. The number of ether oxygens (including phenoxy) is 1. The number of benzene rings is 2. The van der Waals surface area contributed by atoms with Crippen molar-refractivity contribution in [2.45, 2.75) is 19.5 Å². The SMILES string of the molecule is Cc1c(OCCc2ccc(C(F)(F)F)cc2)cc(C#N)nc1Nc1ccc2c(F)c[nH]c2c1. The second-order valence-corrected chi connectivity index (χ2v) is 7.41. The van der Waals surface area contributed by atoms with Gasteiger partial charge >= 0.3 is 6.18 Å². The molecule has 0 amide bonds. The van der Waals surface area contributed by atoms with Crippen LogP contribution in [0.25, 0.3) is 10.9 Å². The molecule has 0 aliphatic carbocycles. The highest BCUT2D eigenvalue weighted by atomic mass is 19.4. The van der Waals surface area contributed by atoms with Gasteiger partial charge in [0.1, 0.15) is 29.1 Å². The third kappa shape index (κ3) is 4.90. The maximum absolute atomic E-state index is 13.7. The summed E-state index contributed by atoms with van der Waals surface area (Å²) < 4.78 is 57.6. The van der Waals surface area contributed by atoms with Gasteiger partial charge in [-0.25, -0.2) is 9.37 Å². The molecule has 0 aliphatic heterocycles. The summed E-state index contributed by atoms with van der Waals surface area (Å²) in [5.41, 5.74) is 2.04. The molecule has 0 fully saturated rings. The molecule has 0 spiro atoms. The minimum absolute atomic E-state index is 0.139. The van der Waals surface area contributed by atoms with Crippen molar-refractivity contribution in [2.75, 3.05) is 11.9 Å². The predicted octanol–water partition coefficient (Wildman–Crippen LogP) is 6.27. The van der Waals surface area contributed by atoms with E-state index in [0.29, 0.717) is 45.7 Å². The number of nitrogens with one attached hydrogen (secondary N) is 2. The second-order valence-electron chi connectivity index (χ2n) is 7.41. The van der Waals surface area contributed by atoms with Crippen molar-refractivity contribution in [1.29, 1.82) is 5.26 Å². The van der Waals surface area contributed by atoms with Crippen molar-refractivity contribution in [1.82, 2.24) is 9.97 Å². The number of pyridine rings is 1. The minimum Gasteiger partial charge on any atom is -0.493 e. The van der Waals surface area contributed by atoms with Crippen molar-refractivity contribution >= 4 is 22.4 Å². The van der Waals surface area contributed by atoms with Crippen molar-refractivity contribution in [3.63, 3.8) is 0 Å². The fourth-order valence-electron chi connectivity index (χ4n) is 3.36. The summed E-state index contributed by atoms with van der Waals surface area (Å²) in [6.45, 7) is 1.98. The molecule has 2 N–H and O–H groups in total. The van der Waals surface area contributed by atoms with Gasteiger partial charge in [-0.05, 0) is 42.8 Å². The monoisotopic (exact) mass is 454 g/mol. The van der Waals surface area contributed by atoms with Crippen LogP contribution in [0.1, 0.15) is 22.4 Å². The summed E-state index contributed by atoms with van der Waals surface area (Å²) in [5.74, 6) is 0.494. The summed E-state index contributed by atoms with van der Waals surface area (Å²) in [6.07, 6.45) is -2.71. The van der Waals surface area contributed by atoms with Gasteiger partial charge in [-0.15, -0.1) is 0 Å².